The summed E-state index contributed by atoms with van der Waals surface area (Å²) in [5.41, 5.74) is 1.59. The fraction of sp³-hybridized carbons (Fsp3) is 0.100. The predicted molar refractivity (Wildman–Crippen MR) is 46.5 cm³/mol. The SMILES string of the molecule is C=C(C)c1ccc(C=O)c(F)c1. The maximum absolute atomic E-state index is 12.9. The molecule has 0 fully saturated rings. The highest BCUT2D eigenvalue weighted by Crippen LogP contribution is 2.14. The van der Waals surface area contributed by atoms with Gasteiger partial charge in [-0.3, -0.25) is 4.79 Å². The number of rotatable bonds is 2. The van der Waals surface area contributed by atoms with Crippen molar-refractivity contribution in [3.05, 3.63) is 41.7 Å². The van der Waals surface area contributed by atoms with E-state index < -0.39 is 5.82 Å². The van der Waals surface area contributed by atoms with Crippen LogP contribution < -0.4 is 0 Å². The van der Waals surface area contributed by atoms with Crippen LogP contribution in [0.5, 0.6) is 0 Å². The molecule has 1 rings (SSSR count). The maximum atomic E-state index is 12.9. The second-order valence-electron chi connectivity index (χ2n) is 2.63. The van der Waals surface area contributed by atoms with Crippen molar-refractivity contribution in [2.75, 3.05) is 0 Å². The number of hydrogen-bond donors (Lipinski definition) is 0. The number of allylic oxidation sites excluding steroid dienone is 1. The van der Waals surface area contributed by atoms with Gasteiger partial charge in [0.15, 0.2) is 6.29 Å². The Labute approximate surface area is 70.5 Å². The summed E-state index contributed by atoms with van der Waals surface area (Å²) in [7, 11) is 0. The van der Waals surface area contributed by atoms with Crippen molar-refractivity contribution in [2.45, 2.75) is 6.92 Å². The van der Waals surface area contributed by atoms with Gasteiger partial charge in [-0.1, -0.05) is 18.2 Å². The van der Waals surface area contributed by atoms with Gasteiger partial charge in [0.25, 0.3) is 0 Å². The Kier molecular flexibility index (Phi) is 2.38. The van der Waals surface area contributed by atoms with E-state index in [9.17, 15) is 9.18 Å². The summed E-state index contributed by atoms with van der Waals surface area (Å²) in [5, 5.41) is 0. The van der Waals surface area contributed by atoms with Crippen molar-refractivity contribution in [2.24, 2.45) is 0 Å². The van der Waals surface area contributed by atoms with Crippen LogP contribution in [0.3, 0.4) is 0 Å². The highest BCUT2D eigenvalue weighted by molar-refractivity contribution is 5.76. The summed E-state index contributed by atoms with van der Waals surface area (Å²) >= 11 is 0. The molecular weight excluding hydrogens is 155 g/mol. The number of benzene rings is 1. The third-order valence-electron chi connectivity index (χ3n) is 1.62. The Morgan fingerprint density at radius 3 is 2.67 bits per heavy atom. The number of halogens is 1. The van der Waals surface area contributed by atoms with Gasteiger partial charge in [0.1, 0.15) is 5.82 Å². The molecule has 0 aliphatic carbocycles. The average Bonchev–Trinajstić information content (AvgIpc) is 2.04. The van der Waals surface area contributed by atoms with Gasteiger partial charge in [-0.2, -0.15) is 0 Å². The number of carbonyl (C=O) groups excluding carboxylic acids is 1. The monoisotopic (exact) mass is 164 g/mol. The van der Waals surface area contributed by atoms with Crippen molar-refractivity contribution in [1.82, 2.24) is 0 Å². The average molecular weight is 164 g/mol. The van der Waals surface area contributed by atoms with Gasteiger partial charge >= 0.3 is 0 Å². The van der Waals surface area contributed by atoms with Crippen LogP contribution in [0.2, 0.25) is 0 Å². The van der Waals surface area contributed by atoms with Gasteiger partial charge in [0, 0.05) is 0 Å². The molecule has 0 unspecified atom stereocenters. The van der Waals surface area contributed by atoms with Crippen LogP contribution in [-0.4, -0.2) is 6.29 Å². The zero-order valence-corrected chi connectivity index (χ0v) is 6.80. The van der Waals surface area contributed by atoms with E-state index in [4.69, 9.17) is 0 Å². The van der Waals surface area contributed by atoms with Gasteiger partial charge < -0.3 is 0 Å². The van der Waals surface area contributed by atoms with Gasteiger partial charge in [-0.15, -0.1) is 0 Å². The first-order valence-corrected chi connectivity index (χ1v) is 3.55. The third kappa shape index (κ3) is 1.59. The van der Waals surface area contributed by atoms with Gasteiger partial charge in [0.2, 0.25) is 0 Å². The summed E-state index contributed by atoms with van der Waals surface area (Å²) in [6.45, 7) is 5.45. The minimum atomic E-state index is -0.495. The van der Waals surface area contributed by atoms with Gasteiger partial charge in [-0.25, -0.2) is 4.39 Å². The molecule has 0 radical (unpaired) electrons. The molecule has 0 aromatic heterocycles. The maximum Gasteiger partial charge on any atom is 0.152 e. The Bertz CT molecular complexity index is 329. The molecule has 1 aromatic rings. The summed E-state index contributed by atoms with van der Waals surface area (Å²) < 4.78 is 12.9. The minimum Gasteiger partial charge on any atom is -0.298 e. The number of aldehydes is 1. The topological polar surface area (TPSA) is 17.1 Å². The van der Waals surface area contributed by atoms with E-state index in [1.165, 1.54) is 12.1 Å². The second kappa shape index (κ2) is 3.30. The fourth-order valence-corrected chi connectivity index (χ4v) is 0.888. The zero-order valence-electron chi connectivity index (χ0n) is 6.80. The summed E-state index contributed by atoms with van der Waals surface area (Å²) in [4.78, 5) is 10.2. The van der Waals surface area contributed by atoms with Crippen LogP contribution in [0.15, 0.2) is 24.8 Å². The molecule has 0 aliphatic rings. The molecule has 1 nitrogen and oxygen atoms in total. The summed E-state index contributed by atoms with van der Waals surface area (Å²) in [6.07, 6.45) is 0.498. The third-order valence-corrected chi connectivity index (χ3v) is 1.62. The Balaban J connectivity index is 3.18. The van der Waals surface area contributed by atoms with Crippen molar-refractivity contribution in [3.63, 3.8) is 0 Å². The lowest BCUT2D eigenvalue weighted by Gasteiger charge is -2.00. The van der Waals surface area contributed by atoms with Crippen molar-refractivity contribution >= 4 is 11.9 Å². The first-order chi connectivity index (χ1) is 5.65. The van der Waals surface area contributed by atoms with Gasteiger partial charge in [0.05, 0.1) is 5.56 Å². The molecule has 0 saturated heterocycles. The Morgan fingerprint density at radius 1 is 1.58 bits per heavy atom. The molecule has 0 spiro atoms. The molecule has 2 heteroatoms. The zero-order chi connectivity index (χ0) is 9.14. The van der Waals surface area contributed by atoms with E-state index >= 15 is 0 Å². The highest BCUT2D eigenvalue weighted by Gasteiger charge is 2.01. The number of carbonyl (C=O) groups is 1. The lowest BCUT2D eigenvalue weighted by Crippen LogP contribution is -1.88. The highest BCUT2D eigenvalue weighted by atomic mass is 19.1. The molecule has 12 heavy (non-hydrogen) atoms. The van der Waals surface area contributed by atoms with Gasteiger partial charge in [-0.05, 0) is 24.6 Å². The summed E-state index contributed by atoms with van der Waals surface area (Å²) in [6, 6.07) is 4.44. The molecule has 0 aliphatic heterocycles. The van der Waals surface area contributed by atoms with Crippen LogP contribution in [0, 0.1) is 5.82 Å². The first-order valence-electron chi connectivity index (χ1n) is 3.55. The Morgan fingerprint density at radius 2 is 2.25 bits per heavy atom. The lowest BCUT2D eigenvalue weighted by atomic mass is 10.1. The number of hydrogen-bond acceptors (Lipinski definition) is 1. The molecule has 0 saturated carbocycles. The molecule has 0 atom stereocenters. The molecule has 0 bridgehead atoms. The van der Waals surface area contributed by atoms with E-state index in [1.807, 2.05) is 0 Å². The van der Waals surface area contributed by atoms with E-state index in [-0.39, 0.29) is 5.56 Å². The largest absolute Gasteiger partial charge is 0.298 e. The standard InChI is InChI=1S/C10H9FO/c1-7(2)8-3-4-9(6-12)10(11)5-8/h3-6H,1H2,2H3. The minimum absolute atomic E-state index is 0.0833. The quantitative estimate of drug-likeness (QED) is 0.614. The first kappa shape index (κ1) is 8.65. The summed E-state index contributed by atoms with van der Waals surface area (Å²) in [5.74, 6) is -0.495. The van der Waals surface area contributed by atoms with E-state index in [1.54, 1.807) is 13.0 Å². The molecule has 1 aromatic carbocycles. The smallest absolute Gasteiger partial charge is 0.152 e. The van der Waals surface area contributed by atoms with E-state index in [2.05, 4.69) is 6.58 Å². The molecule has 0 N–H and O–H groups in total. The van der Waals surface area contributed by atoms with E-state index in [0.717, 1.165) is 11.1 Å². The molecule has 0 heterocycles. The van der Waals surface area contributed by atoms with Crippen LogP contribution >= 0.6 is 0 Å². The predicted octanol–water partition coefficient (Wildman–Crippen LogP) is 2.67. The molecule has 62 valence electrons. The van der Waals surface area contributed by atoms with Crippen molar-refractivity contribution < 1.29 is 9.18 Å². The Hall–Kier alpha value is -1.44. The molecule has 0 amide bonds. The van der Waals surface area contributed by atoms with E-state index in [0.29, 0.717) is 6.29 Å². The van der Waals surface area contributed by atoms with Crippen LogP contribution in [-0.2, 0) is 0 Å². The lowest BCUT2D eigenvalue weighted by molar-refractivity contribution is 0.112. The normalized spacial score (nSPS) is 9.50. The van der Waals surface area contributed by atoms with Crippen molar-refractivity contribution in [3.8, 4) is 0 Å². The van der Waals surface area contributed by atoms with Crippen LogP contribution in [0.25, 0.3) is 5.57 Å². The second-order valence-corrected chi connectivity index (χ2v) is 2.63. The van der Waals surface area contributed by atoms with Crippen LogP contribution in [0.4, 0.5) is 4.39 Å². The van der Waals surface area contributed by atoms with Crippen LogP contribution in [0.1, 0.15) is 22.8 Å². The van der Waals surface area contributed by atoms with Crippen molar-refractivity contribution in [1.29, 1.82) is 0 Å². The molecular formula is C10H9FO. The fourth-order valence-electron chi connectivity index (χ4n) is 0.888.